The summed E-state index contributed by atoms with van der Waals surface area (Å²) in [4.78, 5) is 2.39. The first kappa shape index (κ1) is 8.78. The highest BCUT2D eigenvalue weighted by Gasteiger charge is 2.34. The lowest BCUT2D eigenvalue weighted by atomic mass is 9.89. The third kappa shape index (κ3) is 1.23. The Balaban J connectivity index is 2.06. The van der Waals surface area contributed by atoms with Crippen molar-refractivity contribution < 1.29 is 0 Å². The molecule has 0 N–H and O–H groups in total. The Morgan fingerprint density at radius 1 is 1.13 bits per heavy atom. The summed E-state index contributed by atoms with van der Waals surface area (Å²) >= 11 is 0. The second kappa shape index (κ2) is 3.27. The van der Waals surface area contributed by atoms with E-state index in [4.69, 9.17) is 0 Å². The maximum Gasteiger partial charge on any atom is 0.0574 e. The van der Waals surface area contributed by atoms with Crippen LogP contribution < -0.4 is 0 Å². The summed E-state index contributed by atoms with van der Waals surface area (Å²) in [7, 11) is 2.19. The minimum Gasteiger partial charge on any atom is -0.367 e. The van der Waals surface area contributed by atoms with Gasteiger partial charge in [0.1, 0.15) is 0 Å². The summed E-state index contributed by atoms with van der Waals surface area (Å²) < 4.78 is 0. The number of rotatable bonds is 0. The van der Waals surface area contributed by atoms with Crippen LogP contribution in [0.5, 0.6) is 0 Å². The van der Waals surface area contributed by atoms with E-state index in [1.165, 1.54) is 5.70 Å². The fraction of sp³-hybridized carbons (Fsp3) is 0.286. The smallest absolute Gasteiger partial charge is 0.0574 e. The number of hydrogen-bond acceptors (Lipinski definition) is 1. The SMILES string of the molecule is CN1C2=C(CC=CC=C2)C2C=CC=CC21. The third-order valence-electron chi connectivity index (χ3n) is 3.50. The zero-order valence-corrected chi connectivity index (χ0v) is 8.93. The van der Waals surface area contributed by atoms with E-state index >= 15 is 0 Å². The maximum absolute atomic E-state index is 2.39. The van der Waals surface area contributed by atoms with Crippen molar-refractivity contribution in [1.29, 1.82) is 0 Å². The van der Waals surface area contributed by atoms with Crippen molar-refractivity contribution in [2.45, 2.75) is 12.5 Å². The summed E-state index contributed by atoms with van der Waals surface area (Å²) in [6.07, 6.45) is 18.8. The first-order valence-electron chi connectivity index (χ1n) is 5.52. The first-order valence-corrected chi connectivity index (χ1v) is 5.52. The molecule has 0 bridgehead atoms. The van der Waals surface area contributed by atoms with Gasteiger partial charge < -0.3 is 4.90 Å². The largest absolute Gasteiger partial charge is 0.367 e. The van der Waals surface area contributed by atoms with Crippen molar-refractivity contribution in [3.05, 3.63) is 59.9 Å². The monoisotopic (exact) mass is 197 g/mol. The fourth-order valence-corrected chi connectivity index (χ4v) is 2.73. The highest BCUT2D eigenvalue weighted by Crippen LogP contribution is 2.39. The van der Waals surface area contributed by atoms with Crippen LogP contribution in [0, 0.1) is 5.92 Å². The Bertz CT molecular complexity index is 421. The van der Waals surface area contributed by atoms with Gasteiger partial charge in [-0.05, 0) is 18.1 Å². The van der Waals surface area contributed by atoms with Crippen LogP contribution in [0.3, 0.4) is 0 Å². The lowest BCUT2D eigenvalue weighted by Crippen LogP contribution is -2.29. The maximum atomic E-state index is 2.39. The molecule has 3 aliphatic rings. The number of fused-ring (bicyclic) bond motifs is 2. The van der Waals surface area contributed by atoms with Crippen molar-refractivity contribution in [2.24, 2.45) is 5.92 Å². The quantitative estimate of drug-likeness (QED) is 0.577. The van der Waals surface area contributed by atoms with Gasteiger partial charge in [0.2, 0.25) is 0 Å². The molecule has 1 aliphatic heterocycles. The molecule has 2 unspecified atom stereocenters. The molecule has 2 aliphatic carbocycles. The van der Waals surface area contributed by atoms with E-state index in [0.717, 1.165) is 6.42 Å². The van der Waals surface area contributed by atoms with Crippen LogP contribution in [0.25, 0.3) is 0 Å². The summed E-state index contributed by atoms with van der Waals surface area (Å²) in [6, 6.07) is 0.538. The van der Waals surface area contributed by atoms with E-state index in [1.54, 1.807) is 5.57 Å². The average molecular weight is 197 g/mol. The second-order valence-corrected chi connectivity index (χ2v) is 4.30. The molecule has 1 nitrogen and oxygen atoms in total. The minimum absolute atomic E-state index is 0.538. The van der Waals surface area contributed by atoms with Crippen molar-refractivity contribution in [2.75, 3.05) is 7.05 Å². The van der Waals surface area contributed by atoms with Crippen molar-refractivity contribution in [1.82, 2.24) is 4.90 Å². The van der Waals surface area contributed by atoms with Crippen LogP contribution in [-0.4, -0.2) is 18.0 Å². The normalized spacial score (nSPS) is 31.9. The van der Waals surface area contributed by atoms with Gasteiger partial charge in [-0.3, -0.25) is 0 Å². The summed E-state index contributed by atoms with van der Waals surface area (Å²) in [5.41, 5.74) is 2.97. The molecule has 0 saturated carbocycles. The Kier molecular flexibility index (Phi) is 1.91. The predicted octanol–water partition coefficient (Wildman–Crippen LogP) is 2.81. The number of nitrogens with zero attached hydrogens (tertiary/aromatic N) is 1. The summed E-state index contributed by atoms with van der Waals surface area (Å²) in [5, 5.41) is 0. The van der Waals surface area contributed by atoms with Crippen LogP contribution >= 0.6 is 0 Å². The van der Waals surface area contributed by atoms with Crippen molar-refractivity contribution in [3.63, 3.8) is 0 Å². The van der Waals surface area contributed by atoms with Crippen molar-refractivity contribution >= 4 is 0 Å². The molecule has 0 spiro atoms. The Morgan fingerprint density at radius 2 is 2.00 bits per heavy atom. The van der Waals surface area contributed by atoms with Gasteiger partial charge in [0.05, 0.1) is 6.04 Å². The van der Waals surface area contributed by atoms with E-state index in [2.05, 4.69) is 60.6 Å². The molecule has 3 rings (SSSR count). The van der Waals surface area contributed by atoms with Crippen molar-refractivity contribution in [3.8, 4) is 0 Å². The molecule has 2 atom stereocenters. The second-order valence-electron chi connectivity index (χ2n) is 4.30. The molecule has 0 aromatic rings. The first-order chi connectivity index (χ1) is 7.38. The van der Waals surface area contributed by atoms with Crippen LogP contribution in [-0.2, 0) is 0 Å². The lowest BCUT2D eigenvalue weighted by molar-refractivity contribution is 0.363. The van der Waals surface area contributed by atoms with Crippen LogP contribution in [0.2, 0.25) is 0 Å². The zero-order chi connectivity index (χ0) is 10.3. The van der Waals surface area contributed by atoms with Crippen LogP contribution in [0.1, 0.15) is 6.42 Å². The molecule has 0 amide bonds. The number of hydrogen-bond donors (Lipinski definition) is 0. The highest BCUT2D eigenvalue weighted by atomic mass is 15.2. The summed E-state index contributed by atoms with van der Waals surface area (Å²) in [5.74, 6) is 0.586. The van der Waals surface area contributed by atoms with E-state index in [0.29, 0.717) is 12.0 Å². The number of allylic oxidation sites excluding steroid dienone is 6. The Hall–Kier alpha value is -1.50. The molecule has 0 aromatic heterocycles. The predicted molar refractivity (Wildman–Crippen MR) is 63.2 cm³/mol. The molecule has 15 heavy (non-hydrogen) atoms. The third-order valence-corrected chi connectivity index (χ3v) is 3.50. The standard InChI is InChI=1S/C14H15N/c1-15-13-9-4-2-3-7-11(13)12-8-5-6-10-14(12)15/h2-6,8-10,12,14H,7H2,1H3. The van der Waals surface area contributed by atoms with E-state index in [1.807, 2.05) is 0 Å². The Morgan fingerprint density at radius 3 is 2.93 bits per heavy atom. The number of likely N-dealkylation sites (N-methyl/N-ethyl adjacent to an activating group) is 1. The van der Waals surface area contributed by atoms with Crippen LogP contribution in [0.4, 0.5) is 0 Å². The van der Waals surface area contributed by atoms with E-state index in [9.17, 15) is 0 Å². The molecule has 0 aromatic carbocycles. The van der Waals surface area contributed by atoms with Gasteiger partial charge in [0.25, 0.3) is 0 Å². The summed E-state index contributed by atoms with van der Waals surface area (Å²) in [6.45, 7) is 0. The molecule has 0 radical (unpaired) electrons. The van der Waals surface area contributed by atoms with Gasteiger partial charge in [0.15, 0.2) is 0 Å². The van der Waals surface area contributed by atoms with Gasteiger partial charge in [-0.2, -0.15) is 0 Å². The molecular weight excluding hydrogens is 182 g/mol. The Labute approximate surface area is 90.8 Å². The van der Waals surface area contributed by atoms with Gasteiger partial charge >= 0.3 is 0 Å². The van der Waals surface area contributed by atoms with Gasteiger partial charge in [-0.1, -0.05) is 42.5 Å². The van der Waals surface area contributed by atoms with Crippen LogP contribution in [0.15, 0.2) is 59.9 Å². The molecule has 0 saturated heterocycles. The van der Waals surface area contributed by atoms with Gasteiger partial charge in [0, 0.05) is 18.7 Å². The van der Waals surface area contributed by atoms with E-state index in [-0.39, 0.29) is 0 Å². The van der Waals surface area contributed by atoms with Gasteiger partial charge in [-0.25, -0.2) is 0 Å². The van der Waals surface area contributed by atoms with Gasteiger partial charge in [-0.15, -0.1) is 0 Å². The topological polar surface area (TPSA) is 3.24 Å². The minimum atomic E-state index is 0.538. The molecular formula is C14H15N. The molecule has 1 heteroatoms. The van der Waals surface area contributed by atoms with E-state index < -0.39 is 0 Å². The lowest BCUT2D eigenvalue weighted by Gasteiger charge is -2.25. The highest BCUT2D eigenvalue weighted by molar-refractivity contribution is 5.43. The molecule has 76 valence electrons. The molecule has 1 heterocycles. The average Bonchev–Trinajstić information content (AvgIpc) is 2.48. The zero-order valence-electron chi connectivity index (χ0n) is 8.93. The fourth-order valence-electron chi connectivity index (χ4n) is 2.73. The molecule has 0 fully saturated rings.